The van der Waals surface area contributed by atoms with Crippen molar-refractivity contribution in [3.8, 4) is 0 Å². The third kappa shape index (κ3) is 1.91. The average Bonchev–Trinajstić information content (AvgIpc) is 2.87. The van der Waals surface area contributed by atoms with E-state index >= 15 is 0 Å². The Kier molecular flexibility index (Phi) is 3.58. The summed E-state index contributed by atoms with van der Waals surface area (Å²) in [5.41, 5.74) is -1.87. The predicted octanol–water partition coefficient (Wildman–Crippen LogP) is 2.95. The van der Waals surface area contributed by atoms with Gasteiger partial charge < -0.3 is 20.4 Å². The summed E-state index contributed by atoms with van der Waals surface area (Å²) in [6, 6.07) is 0. The number of aliphatic hydroxyl groups is 4. The first-order chi connectivity index (χ1) is 12.1. The van der Waals surface area contributed by atoms with Crippen LogP contribution in [0.25, 0.3) is 0 Å². The number of carbonyl (C=O) groups excluding carboxylic acids is 1. The van der Waals surface area contributed by atoms with Gasteiger partial charge in [0.05, 0.1) is 6.10 Å². The van der Waals surface area contributed by atoms with Crippen LogP contribution in [0, 0.1) is 28.6 Å². The second-order valence-electron chi connectivity index (χ2n) is 9.10. The van der Waals surface area contributed by atoms with Gasteiger partial charge in [-0.05, 0) is 50.5 Å². The molecule has 0 aromatic carbocycles. The second-order valence-corrected chi connectivity index (χ2v) is 9.10. The minimum atomic E-state index is -1.37. The third-order valence-corrected chi connectivity index (χ3v) is 8.15. The third-order valence-electron chi connectivity index (χ3n) is 8.15. The largest absolute Gasteiger partial charge is 0.508 e. The molecule has 0 aromatic rings. The highest BCUT2D eigenvalue weighted by atomic mass is 16.3. The van der Waals surface area contributed by atoms with E-state index in [-0.39, 0.29) is 35.1 Å². The Labute approximate surface area is 153 Å². The summed E-state index contributed by atoms with van der Waals surface area (Å²) in [4.78, 5) is 12.2. The van der Waals surface area contributed by atoms with Crippen LogP contribution in [0.15, 0.2) is 35.3 Å². The molecule has 4 aliphatic rings. The van der Waals surface area contributed by atoms with Crippen molar-refractivity contribution in [2.24, 2.45) is 28.6 Å². The van der Waals surface area contributed by atoms with Gasteiger partial charge in [0, 0.05) is 22.3 Å². The molecule has 5 heteroatoms. The molecule has 2 fully saturated rings. The fraction of sp³-hybridized carbons (Fsp3) is 0.667. The molecular weight excluding hydrogens is 332 g/mol. The van der Waals surface area contributed by atoms with Gasteiger partial charge in [-0.3, -0.25) is 4.79 Å². The molecule has 0 saturated heterocycles. The number of aliphatic hydroxyl groups excluding tert-OH is 3. The highest BCUT2D eigenvalue weighted by Gasteiger charge is 2.66. The zero-order chi connectivity index (χ0) is 19.1. The molecule has 5 nitrogen and oxygen atoms in total. The Morgan fingerprint density at radius 1 is 1.15 bits per heavy atom. The van der Waals surface area contributed by atoms with Crippen LogP contribution in [0.1, 0.15) is 46.5 Å². The normalized spacial score (nSPS) is 50.0. The molecular formula is C21H28O5. The van der Waals surface area contributed by atoms with Crippen molar-refractivity contribution in [3.63, 3.8) is 0 Å². The molecule has 0 heterocycles. The maximum absolute atomic E-state index is 12.2. The number of hydrogen-bond donors (Lipinski definition) is 4. The first-order valence-electron chi connectivity index (χ1n) is 9.52. The first-order valence-corrected chi connectivity index (χ1v) is 9.52. The summed E-state index contributed by atoms with van der Waals surface area (Å²) in [5, 5.41) is 42.7. The molecule has 0 amide bonds. The number of carbonyl (C=O) groups is 1. The Hall–Kier alpha value is -1.59. The summed E-state index contributed by atoms with van der Waals surface area (Å²) < 4.78 is 0. The van der Waals surface area contributed by atoms with Crippen molar-refractivity contribution in [2.75, 3.05) is 0 Å². The smallest absolute Gasteiger partial charge is 0.161 e. The zero-order valence-corrected chi connectivity index (χ0v) is 15.6. The fourth-order valence-corrected chi connectivity index (χ4v) is 6.54. The average molecular weight is 360 g/mol. The van der Waals surface area contributed by atoms with E-state index in [0.29, 0.717) is 24.8 Å². The quantitative estimate of drug-likeness (QED) is 0.539. The highest BCUT2D eigenvalue weighted by molar-refractivity contribution is 5.86. The monoisotopic (exact) mass is 360 g/mol. The lowest BCUT2D eigenvalue weighted by atomic mass is 9.48. The number of ketones is 1. The molecule has 142 valence electrons. The Bertz CT molecular complexity index is 764. The zero-order valence-electron chi connectivity index (χ0n) is 15.6. The Morgan fingerprint density at radius 3 is 2.46 bits per heavy atom. The van der Waals surface area contributed by atoms with E-state index in [1.165, 1.54) is 6.92 Å². The first kappa shape index (κ1) is 17.8. The van der Waals surface area contributed by atoms with Crippen molar-refractivity contribution >= 4 is 5.78 Å². The molecule has 0 unspecified atom stereocenters. The molecule has 0 radical (unpaired) electrons. The number of hydrogen-bond acceptors (Lipinski definition) is 5. The van der Waals surface area contributed by atoms with Crippen LogP contribution < -0.4 is 0 Å². The SMILES string of the molecule is CC(=O)[C@@]1(O)CC[C@H]2[C@@H]3C(O)=C(O)C4=C[C@H](O)C=C[C@]4(C)[C@H]3CC[C@@]21C. The molecule has 4 N–H and O–H groups in total. The number of fused-ring (bicyclic) bond motifs is 5. The van der Waals surface area contributed by atoms with Crippen molar-refractivity contribution in [1.82, 2.24) is 0 Å². The van der Waals surface area contributed by atoms with Crippen molar-refractivity contribution in [1.29, 1.82) is 0 Å². The Morgan fingerprint density at radius 2 is 1.81 bits per heavy atom. The molecule has 4 rings (SSSR count). The molecule has 4 aliphatic carbocycles. The van der Waals surface area contributed by atoms with Crippen LogP contribution >= 0.6 is 0 Å². The Balaban J connectivity index is 1.85. The van der Waals surface area contributed by atoms with Crippen LogP contribution in [0.4, 0.5) is 0 Å². The van der Waals surface area contributed by atoms with E-state index in [1.54, 1.807) is 12.2 Å². The van der Waals surface area contributed by atoms with Gasteiger partial charge in [0.15, 0.2) is 11.5 Å². The molecule has 0 aromatic heterocycles. The molecule has 7 atom stereocenters. The van der Waals surface area contributed by atoms with E-state index in [4.69, 9.17) is 0 Å². The fourth-order valence-electron chi connectivity index (χ4n) is 6.54. The number of Topliss-reactive ketones (excluding diaryl/α,β-unsaturated/α-hetero) is 1. The van der Waals surface area contributed by atoms with Gasteiger partial charge in [-0.2, -0.15) is 0 Å². The van der Waals surface area contributed by atoms with Gasteiger partial charge in [-0.1, -0.05) is 26.0 Å². The van der Waals surface area contributed by atoms with E-state index in [9.17, 15) is 25.2 Å². The molecule has 0 spiro atoms. The van der Waals surface area contributed by atoms with E-state index < -0.39 is 22.5 Å². The van der Waals surface area contributed by atoms with E-state index in [0.717, 1.165) is 6.42 Å². The lowest BCUT2D eigenvalue weighted by Crippen LogP contribution is -2.57. The number of allylic oxidation sites excluding steroid dienone is 3. The highest BCUT2D eigenvalue weighted by Crippen LogP contribution is 2.67. The van der Waals surface area contributed by atoms with E-state index in [1.807, 2.05) is 19.9 Å². The van der Waals surface area contributed by atoms with Crippen LogP contribution in [-0.4, -0.2) is 37.9 Å². The molecule has 26 heavy (non-hydrogen) atoms. The predicted molar refractivity (Wildman–Crippen MR) is 96.3 cm³/mol. The minimum absolute atomic E-state index is 0.0510. The van der Waals surface area contributed by atoms with Crippen molar-refractivity contribution in [3.05, 3.63) is 35.3 Å². The summed E-state index contributed by atoms with van der Waals surface area (Å²) in [6.45, 7) is 5.44. The van der Waals surface area contributed by atoms with Gasteiger partial charge in [0.2, 0.25) is 0 Å². The lowest BCUT2D eigenvalue weighted by Gasteiger charge is -2.56. The molecule has 0 bridgehead atoms. The maximum atomic E-state index is 12.2. The molecule has 0 aliphatic heterocycles. The van der Waals surface area contributed by atoms with Crippen molar-refractivity contribution in [2.45, 2.75) is 58.2 Å². The number of rotatable bonds is 1. The summed E-state index contributed by atoms with van der Waals surface area (Å²) in [5.74, 6) is -0.734. The summed E-state index contributed by atoms with van der Waals surface area (Å²) in [6.07, 6.45) is 6.98. The van der Waals surface area contributed by atoms with Crippen LogP contribution in [0.3, 0.4) is 0 Å². The topological polar surface area (TPSA) is 98.0 Å². The molecule has 2 saturated carbocycles. The summed E-state index contributed by atoms with van der Waals surface area (Å²) in [7, 11) is 0. The standard InChI is InChI=1S/C21H28O5/c1-11(22)21(26)9-6-14-16-13(5-8-20(14,21)3)19(2)7-4-12(23)10-15(19)17(24)18(16)25/h4,7,10,12-14,16,23-26H,5-6,8-9H2,1-3H3/t12-,13+,14+,16-,19-,20+,21+/m1/s1. The van der Waals surface area contributed by atoms with Gasteiger partial charge in [0.1, 0.15) is 11.4 Å². The minimum Gasteiger partial charge on any atom is -0.508 e. The van der Waals surface area contributed by atoms with Crippen LogP contribution in [0.5, 0.6) is 0 Å². The maximum Gasteiger partial charge on any atom is 0.161 e. The summed E-state index contributed by atoms with van der Waals surface area (Å²) >= 11 is 0. The van der Waals surface area contributed by atoms with Gasteiger partial charge >= 0.3 is 0 Å². The second kappa shape index (κ2) is 5.23. The van der Waals surface area contributed by atoms with Crippen molar-refractivity contribution < 1.29 is 25.2 Å². The lowest BCUT2D eigenvalue weighted by molar-refractivity contribution is -0.157. The van der Waals surface area contributed by atoms with E-state index in [2.05, 4.69) is 0 Å². The van der Waals surface area contributed by atoms with Gasteiger partial charge in [-0.25, -0.2) is 0 Å². The van der Waals surface area contributed by atoms with Gasteiger partial charge in [0.25, 0.3) is 0 Å². The van der Waals surface area contributed by atoms with Crippen LogP contribution in [-0.2, 0) is 4.79 Å². The van der Waals surface area contributed by atoms with Gasteiger partial charge in [-0.15, -0.1) is 0 Å². The van der Waals surface area contributed by atoms with Crippen LogP contribution in [0.2, 0.25) is 0 Å².